The fraction of sp³-hybridized carbons (Fsp3) is 0.100. The third-order valence-electron chi connectivity index (χ3n) is 4.17. The molecule has 0 aliphatic heterocycles. The molecule has 1 nitrogen and oxygen atoms in total. The molecule has 0 amide bonds. The van der Waals surface area contributed by atoms with E-state index in [1.165, 1.54) is 38.6 Å². The highest BCUT2D eigenvalue weighted by molar-refractivity contribution is 6.11. The lowest BCUT2D eigenvalue weighted by molar-refractivity contribution is 1.18. The highest BCUT2D eigenvalue weighted by atomic mass is 15.0. The van der Waals surface area contributed by atoms with E-state index in [9.17, 15) is 0 Å². The second-order valence-corrected chi connectivity index (χ2v) is 5.66. The SMILES string of the molecule is Cc1ccc2c(c1)c1c(C)cccc1n2-c1ccccc1. The van der Waals surface area contributed by atoms with Crippen LogP contribution in [0.25, 0.3) is 27.5 Å². The highest BCUT2D eigenvalue weighted by Crippen LogP contribution is 2.34. The van der Waals surface area contributed by atoms with Crippen molar-refractivity contribution in [1.82, 2.24) is 4.57 Å². The molecule has 1 heteroatoms. The zero-order valence-corrected chi connectivity index (χ0v) is 12.3. The van der Waals surface area contributed by atoms with Gasteiger partial charge >= 0.3 is 0 Å². The van der Waals surface area contributed by atoms with Crippen LogP contribution >= 0.6 is 0 Å². The maximum atomic E-state index is 2.36. The minimum atomic E-state index is 1.21. The van der Waals surface area contributed by atoms with Gasteiger partial charge in [-0.1, -0.05) is 42.0 Å². The van der Waals surface area contributed by atoms with E-state index in [-0.39, 0.29) is 0 Å². The Hall–Kier alpha value is -2.54. The molecule has 1 aromatic heterocycles. The van der Waals surface area contributed by atoms with Crippen LogP contribution in [-0.4, -0.2) is 4.57 Å². The van der Waals surface area contributed by atoms with Crippen molar-refractivity contribution < 1.29 is 0 Å². The Morgan fingerprint density at radius 2 is 1.52 bits per heavy atom. The lowest BCUT2D eigenvalue weighted by Crippen LogP contribution is -1.92. The maximum absolute atomic E-state index is 2.36. The summed E-state index contributed by atoms with van der Waals surface area (Å²) in [4.78, 5) is 0. The first kappa shape index (κ1) is 12.2. The zero-order chi connectivity index (χ0) is 14.4. The Labute approximate surface area is 124 Å². The van der Waals surface area contributed by atoms with Crippen LogP contribution in [0.4, 0.5) is 0 Å². The van der Waals surface area contributed by atoms with Gasteiger partial charge in [0.15, 0.2) is 0 Å². The van der Waals surface area contributed by atoms with Crippen LogP contribution in [0, 0.1) is 13.8 Å². The molecule has 21 heavy (non-hydrogen) atoms. The molecule has 0 spiro atoms. The summed E-state index contributed by atoms with van der Waals surface area (Å²) in [5.41, 5.74) is 6.40. The smallest absolute Gasteiger partial charge is 0.0543 e. The third-order valence-corrected chi connectivity index (χ3v) is 4.17. The van der Waals surface area contributed by atoms with Crippen molar-refractivity contribution in [3.63, 3.8) is 0 Å². The molecule has 0 unspecified atom stereocenters. The second kappa shape index (κ2) is 4.49. The average molecular weight is 271 g/mol. The van der Waals surface area contributed by atoms with E-state index in [4.69, 9.17) is 0 Å². The van der Waals surface area contributed by atoms with Crippen LogP contribution in [-0.2, 0) is 0 Å². The van der Waals surface area contributed by atoms with Crippen molar-refractivity contribution in [2.24, 2.45) is 0 Å². The number of hydrogen-bond acceptors (Lipinski definition) is 0. The van der Waals surface area contributed by atoms with Gasteiger partial charge in [-0.05, 0) is 49.7 Å². The molecule has 4 rings (SSSR count). The van der Waals surface area contributed by atoms with E-state index >= 15 is 0 Å². The van der Waals surface area contributed by atoms with Crippen molar-refractivity contribution in [3.8, 4) is 5.69 Å². The Kier molecular flexibility index (Phi) is 2.61. The van der Waals surface area contributed by atoms with Crippen LogP contribution in [0.5, 0.6) is 0 Å². The molecule has 1 heterocycles. The van der Waals surface area contributed by atoms with E-state index < -0.39 is 0 Å². The van der Waals surface area contributed by atoms with Crippen molar-refractivity contribution >= 4 is 21.8 Å². The molecule has 0 radical (unpaired) electrons. The van der Waals surface area contributed by atoms with E-state index in [0.717, 1.165) is 0 Å². The predicted molar refractivity (Wildman–Crippen MR) is 90.3 cm³/mol. The Morgan fingerprint density at radius 1 is 0.714 bits per heavy atom. The molecule has 0 bridgehead atoms. The van der Waals surface area contributed by atoms with Gasteiger partial charge in [-0.3, -0.25) is 0 Å². The second-order valence-electron chi connectivity index (χ2n) is 5.66. The van der Waals surface area contributed by atoms with E-state index in [2.05, 4.69) is 85.1 Å². The molecule has 0 fully saturated rings. The summed E-state index contributed by atoms with van der Waals surface area (Å²) in [6, 6.07) is 23.9. The number of fused-ring (bicyclic) bond motifs is 3. The average Bonchev–Trinajstić information content (AvgIpc) is 2.83. The molecular formula is C20H17N. The minimum Gasteiger partial charge on any atom is -0.309 e. The summed E-state index contributed by atoms with van der Waals surface area (Å²) in [7, 11) is 0. The number of aryl methyl sites for hydroxylation is 2. The number of hydrogen-bond donors (Lipinski definition) is 0. The monoisotopic (exact) mass is 271 g/mol. The molecule has 0 aliphatic carbocycles. The van der Waals surface area contributed by atoms with Gasteiger partial charge in [0, 0.05) is 16.5 Å². The van der Waals surface area contributed by atoms with Gasteiger partial charge in [0.1, 0.15) is 0 Å². The fourth-order valence-corrected chi connectivity index (χ4v) is 3.22. The van der Waals surface area contributed by atoms with Crippen molar-refractivity contribution in [2.75, 3.05) is 0 Å². The minimum absolute atomic E-state index is 1.21. The van der Waals surface area contributed by atoms with Crippen LogP contribution < -0.4 is 0 Å². The molecule has 0 N–H and O–H groups in total. The fourth-order valence-electron chi connectivity index (χ4n) is 3.22. The Bertz CT molecular complexity index is 946. The van der Waals surface area contributed by atoms with E-state index in [1.54, 1.807) is 0 Å². The number of benzene rings is 3. The lowest BCUT2D eigenvalue weighted by Gasteiger charge is -2.07. The van der Waals surface area contributed by atoms with Gasteiger partial charge in [-0.25, -0.2) is 0 Å². The van der Waals surface area contributed by atoms with Gasteiger partial charge in [-0.15, -0.1) is 0 Å². The predicted octanol–water partition coefficient (Wildman–Crippen LogP) is 5.40. The lowest BCUT2D eigenvalue weighted by atomic mass is 10.1. The van der Waals surface area contributed by atoms with Crippen LogP contribution in [0.2, 0.25) is 0 Å². The zero-order valence-electron chi connectivity index (χ0n) is 12.3. The van der Waals surface area contributed by atoms with Crippen molar-refractivity contribution in [1.29, 1.82) is 0 Å². The van der Waals surface area contributed by atoms with Gasteiger partial charge in [0.05, 0.1) is 11.0 Å². The van der Waals surface area contributed by atoms with Crippen LogP contribution in [0.3, 0.4) is 0 Å². The molecule has 102 valence electrons. The van der Waals surface area contributed by atoms with Crippen molar-refractivity contribution in [2.45, 2.75) is 13.8 Å². The first-order valence-electron chi connectivity index (χ1n) is 7.31. The standard InChI is InChI=1S/C20H17N/c1-14-11-12-18-17(13-14)20-15(2)7-6-10-19(20)21(18)16-8-4-3-5-9-16/h3-13H,1-2H3. The van der Waals surface area contributed by atoms with Gasteiger partial charge in [-0.2, -0.15) is 0 Å². The molecule has 0 saturated heterocycles. The quantitative estimate of drug-likeness (QED) is 0.437. The van der Waals surface area contributed by atoms with Gasteiger partial charge in [0.25, 0.3) is 0 Å². The largest absolute Gasteiger partial charge is 0.309 e. The molecule has 3 aromatic carbocycles. The maximum Gasteiger partial charge on any atom is 0.0543 e. The van der Waals surface area contributed by atoms with E-state index in [0.29, 0.717) is 0 Å². The summed E-state index contributed by atoms with van der Waals surface area (Å²) in [5.74, 6) is 0. The summed E-state index contributed by atoms with van der Waals surface area (Å²) >= 11 is 0. The summed E-state index contributed by atoms with van der Waals surface area (Å²) in [6.45, 7) is 4.35. The Balaban J connectivity index is 2.26. The summed E-state index contributed by atoms with van der Waals surface area (Å²) in [6.07, 6.45) is 0. The molecule has 0 saturated carbocycles. The highest BCUT2D eigenvalue weighted by Gasteiger charge is 2.13. The first-order chi connectivity index (χ1) is 10.3. The summed E-state index contributed by atoms with van der Waals surface area (Å²) < 4.78 is 2.36. The third kappa shape index (κ3) is 1.78. The topological polar surface area (TPSA) is 4.93 Å². The van der Waals surface area contributed by atoms with E-state index in [1.807, 2.05) is 0 Å². The van der Waals surface area contributed by atoms with Crippen LogP contribution in [0.15, 0.2) is 66.7 Å². The molecule has 4 aromatic rings. The first-order valence-corrected chi connectivity index (χ1v) is 7.31. The number of nitrogens with zero attached hydrogens (tertiary/aromatic N) is 1. The number of para-hydroxylation sites is 1. The number of rotatable bonds is 1. The molecular weight excluding hydrogens is 254 g/mol. The van der Waals surface area contributed by atoms with Crippen LogP contribution in [0.1, 0.15) is 11.1 Å². The Morgan fingerprint density at radius 3 is 2.33 bits per heavy atom. The molecule has 0 atom stereocenters. The number of aromatic nitrogens is 1. The van der Waals surface area contributed by atoms with Crippen molar-refractivity contribution in [3.05, 3.63) is 77.9 Å². The molecule has 0 aliphatic rings. The van der Waals surface area contributed by atoms with Gasteiger partial charge < -0.3 is 4.57 Å². The summed E-state index contributed by atoms with van der Waals surface area (Å²) in [5, 5.41) is 2.70. The van der Waals surface area contributed by atoms with Gasteiger partial charge in [0.2, 0.25) is 0 Å². The normalized spacial score (nSPS) is 11.3.